The van der Waals surface area contributed by atoms with Crippen LogP contribution in [0.3, 0.4) is 0 Å². The predicted octanol–water partition coefficient (Wildman–Crippen LogP) is 0.943. The summed E-state index contributed by atoms with van der Waals surface area (Å²) in [5, 5.41) is 3.34. The van der Waals surface area contributed by atoms with Crippen LogP contribution < -0.4 is 5.32 Å². The second-order valence-electron chi connectivity index (χ2n) is 5.83. The van der Waals surface area contributed by atoms with Gasteiger partial charge in [0.2, 0.25) is 10.0 Å². The number of sulfonamides is 1. The summed E-state index contributed by atoms with van der Waals surface area (Å²) in [5.41, 5.74) is 0. The van der Waals surface area contributed by atoms with Crippen molar-refractivity contribution in [2.24, 2.45) is 5.92 Å². The second kappa shape index (κ2) is 4.52. The minimum absolute atomic E-state index is 0.188. The van der Waals surface area contributed by atoms with Crippen molar-refractivity contribution in [1.82, 2.24) is 9.62 Å². The van der Waals surface area contributed by atoms with Gasteiger partial charge < -0.3 is 5.32 Å². The van der Waals surface area contributed by atoms with Crippen LogP contribution in [0.1, 0.15) is 38.5 Å². The molecular formula is C12H22N2O2S. The first kappa shape index (κ1) is 11.9. The van der Waals surface area contributed by atoms with E-state index in [0.29, 0.717) is 17.7 Å². The largest absolute Gasteiger partial charge is 0.313 e. The summed E-state index contributed by atoms with van der Waals surface area (Å²) in [4.78, 5) is 0. The average molecular weight is 258 g/mol. The molecule has 98 valence electrons. The molecule has 3 fully saturated rings. The van der Waals surface area contributed by atoms with Crippen molar-refractivity contribution in [2.45, 2.75) is 50.6 Å². The molecule has 2 heterocycles. The third-order valence-electron chi connectivity index (χ3n) is 4.54. The third kappa shape index (κ3) is 2.37. The molecule has 0 aromatic carbocycles. The molecule has 2 bridgehead atoms. The molecule has 5 heteroatoms. The van der Waals surface area contributed by atoms with Gasteiger partial charge in [-0.25, -0.2) is 8.42 Å². The maximum absolute atomic E-state index is 12.4. The fourth-order valence-electron chi connectivity index (χ4n) is 3.64. The molecule has 2 aliphatic heterocycles. The van der Waals surface area contributed by atoms with E-state index in [-0.39, 0.29) is 6.04 Å². The van der Waals surface area contributed by atoms with Gasteiger partial charge in [0.05, 0.1) is 5.75 Å². The Morgan fingerprint density at radius 2 is 2.06 bits per heavy atom. The molecule has 1 N–H and O–H groups in total. The van der Waals surface area contributed by atoms with E-state index in [9.17, 15) is 8.42 Å². The number of hydrogen-bond donors (Lipinski definition) is 1. The Morgan fingerprint density at radius 3 is 2.65 bits per heavy atom. The van der Waals surface area contributed by atoms with E-state index in [1.165, 1.54) is 19.3 Å². The van der Waals surface area contributed by atoms with Gasteiger partial charge in [0.15, 0.2) is 0 Å². The minimum Gasteiger partial charge on any atom is -0.313 e. The van der Waals surface area contributed by atoms with Crippen LogP contribution in [0.15, 0.2) is 0 Å². The van der Waals surface area contributed by atoms with Gasteiger partial charge in [-0.1, -0.05) is 6.42 Å². The molecule has 0 aromatic rings. The van der Waals surface area contributed by atoms with E-state index in [1.54, 1.807) is 4.31 Å². The summed E-state index contributed by atoms with van der Waals surface area (Å²) in [6, 6.07) is 0.515. The van der Waals surface area contributed by atoms with Crippen molar-refractivity contribution in [1.29, 1.82) is 0 Å². The Bertz CT molecular complexity index is 376. The quantitative estimate of drug-likeness (QED) is 0.820. The van der Waals surface area contributed by atoms with Crippen LogP contribution in [0.25, 0.3) is 0 Å². The van der Waals surface area contributed by atoms with Crippen LogP contribution in [-0.2, 0) is 10.0 Å². The Kier molecular flexibility index (Phi) is 3.17. The first-order chi connectivity index (χ1) is 8.15. The lowest BCUT2D eigenvalue weighted by Gasteiger charge is -2.30. The average Bonchev–Trinajstić information content (AvgIpc) is 2.91. The van der Waals surface area contributed by atoms with Crippen molar-refractivity contribution < 1.29 is 8.42 Å². The maximum Gasteiger partial charge on any atom is 0.215 e. The number of fused-ring (bicyclic) bond motifs is 2. The molecule has 1 saturated carbocycles. The van der Waals surface area contributed by atoms with Gasteiger partial charge in [-0.15, -0.1) is 0 Å². The van der Waals surface area contributed by atoms with Crippen LogP contribution in [0.2, 0.25) is 0 Å². The second-order valence-corrected chi connectivity index (χ2v) is 7.79. The lowest BCUT2D eigenvalue weighted by Crippen LogP contribution is -2.46. The van der Waals surface area contributed by atoms with Gasteiger partial charge in [-0.05, 0) is 44.6 Å². The Hall–Kier alpha value is -0.130. The van der Waals surface area contributed by atoms with E-state index >= 15 is 0 Å². The van der Waals surface area contributed by atoms with Crippen molar-refractivity contribution in [3.63, 3.8) is 0 Å². The van der Waals surface area contributed by atoms with Gasteiger partial charge in [-0.3, -0.25) is 0 Å². The predicted molar refractivity (Wildman–Crippen MR) is 67.3 cm³/mol. The molecule has 0 radical (unpaired) electrons. The highest BCUT2D eigenvalue weighted by molar-refractivity contribution is 7.89. The van der Waals surface area contributed by atoms with Gasteiger partial charge in [-0.2, -0.15) is 4.31 Å². The Labute approximate surface area is 104 Å². The fourth-order valence-corrected chi connectivity index (χ4v) is 5.70. The molecule has 17 heavy (non-hydrogen) atoms. The normalized spacial score (nSPS) is 38.7. The van der Waals surface area contributed by atoms with E-state index in [2.05, 4.69) is 5.32 Å². The van der Waals surface area contributed by atoms with E-state index < -0.39 is 10.0 Å². The maximum atomic E-state index is 12.4. The zero-order chi connectivity index (χ0) is 11.9. The Morgan fingerprint density at radius 1 is 1.18 bits per heavy atom. The van der Waals surface area contributed by atoms with Crippen LogP contribution in [0.5, 0.6) is 0 Å². The lowest BCUT2D eigenvalue weighted by atomic mass is 10.1. The highest BCUT2D eigenvalue weighted by atomic mass is 32.2. The van der Waals surface area contributed by atoms with Crippen LogP contribution in [0.4, 0.5) is 0 Å². The summed E-state index contributed by atoms with van der Waals surface area (Å²) in [7, 11) is -3.02. The number of rotatable bonds is 3. The fraction of sp³-hybridized carbons (Fsp3) is 1.00. The molecule has 0 spiro atoms. The van der Waals surface area contributed by atoms with Crippen LogP contribution >= 0.6 is 0 Å². The van der Waals surface area contributed by atoms with E-state index in [1.807, 2.05) is 0 Å². The smallest absolute Gasteiger partial charge is 0.215 e. The lowest BCUT2D eigenvalue weighted by molar-refractivity contribution is 0.328. The molecule has 3 unspecified atom stereocenters. The van der Waals surface area contributed by atoms with Gasteiger partial charge in [0.25, 0.3) is 0 Å². The molecule has 2 saturated heterocycles. The molecule has 1 aliphatic carbocycles. The van der Waals surface area contributed by atoms with Crippen molar-refractivity contribution in [2.75, 3.05) is 18.8 Å². The van der Waals surface area contributed by atoms with E-state index in [4.69, 9.17) is 0 Å². The van der Waals surface area contributed by atoms with Gasteiger partial charge in [0.1, 0.15) is 0 Å². The molecular weight excluding hydrogens is 236 g/mol. The molecule has 0 aromatic heterocycles. The molecule has 3 atom stereocenters. The van der Waals surface area contributed by atoms with Crippen molar-refractivity contribution in [3.05, 3.63) is 0 Å². The van der Waals surface area contributed by atoms with Crippen molar-refractivity contribution >= 4 is 10.0 Å². The standard InChI is InChI=1S/C12H22N2O2S/c15-17(16,9-11-3-1-2-6-13-11)14-8-10-4-5-12(14)7-10/h10-13H,1-9H2. The summed E-state index contributed by atoms with van der Waals surface area (Å²) < 4.78 is 26.6. The topological polar surface area (TPSA) is 49.4 Å². The number of nitrogens with zero attached hydrogens (tertiary/aromatic N) is 1. The first-order valence-corrected chi connectivity index (χ1v) is 8.49. The first-order valence-electron chi connectivity index (χ1n) is 6.88. The number of piperidine rings is 2. The minimum atomic E-state index is -3.02. The van der Waals surface area contributed by atoms with Gasteiger partial charge in [0, 0.05) is 18.6 Å². The molecule has 4 nitrogen and oxygen atoms in total. The summed E-state index contributed by atoms with van der Waals surface area (Å²) in [5.74, 6) is 0.963. The number of nitrogens with one attached hydrogen (secondary N) is 1. The van der Waals surface area contributed by atoms with Gasteiger partial charge >= 0.3 is 0 Å². The molecule has 3 rings (SSSR count). The zero-order valence-electron chi connectivity index (χ0n) is 10.3. The Balaban J connectivity index is 1.64. The third-order valence-corrected chi connectivity index (χ3v) is 6.53. The summed E-state index contributed by atoms with van der Waals surface area (Å²) in [6.45, 7) is 1.77. The van der Waals surface area contributed by atoms with Crippen molar-refractivity contribution in [3.8, 4) is 0 Å². The highest BCUT2D eigenvalue weighted by Crippen LogP contribution is 2.39. The SMILES string of the molecule is O=S(=O)(CC1CCCCN1)N1CC2CCC1C2. The zero-order valence-corrected chi connectivity index (χ0v) is 11.1. The van der Waals surface area contributed by atoms with Crippen LogP contribution in [-0.4, -0.2) is 43.6 Å². The number of hydrogen-bond acceptors (Lipinski definition) is 3. The molecule has 0 amide bonds. The van der Waals surface area contributed by atoms with Crippen LogP contribution in [0, 0.1) is 5.92 Å². The van der Waals surface area contributed by atoms with E-state index in [0.717, 1.165) is 32.4 Å². The highest BCUT2D eigenvalue weighted by Gasteiger charge is 2.44. The summed E-state index contributed by atoms with van der Waals surface area (Å²) in [6.07, 6.45) is 6.79. The molecule has 3 aliphatic rings. The monoisotopic (exact) mass is 258 g/mol. The summed E-state index contributed by atoms with van der Waals surface area (Å²) >= 11 is 0.